The molecule has 2 rings (SSSR count). The fourth-order valence-electron chi connectivity index (χ4n) is 2.94. The molecule has 0 radical (unpaired) electrons. The average Bonchev–Trinajstić information content (AvgIpc) is 2.60. The van der Waals surface area contributed by atoms with Crippen LogP contribution in [0.25, 0.3) is 0 Å². The van der Waals surface area contributed by atoms with Gasteiger partial charge < -0.3 is 50.0 Å². The van der Waals surface area contributed by atoms with Gasteiger partial charge in [0.25, 0.3) is 0 Å². The van der Waals surface area contributed by atoms with Crippen LogP contribution in [0, 0.1) is 0 Å². The molecule has 2 heterocycles. The Balaban J connectivity index is 2.11. The van der Waals surface area contributed by atoms with Gasteiger partial charge in [-0.05, 0) is 13.8 Å². The first-order valence-corrected chi connectivity index (χ1v) is 9.39. The fraction of sp³-hybridized carbons (Fsp3) is 1.00. The van der Waals surface area contributed by atoms with E-state index in [1.54, 1.807) is 13.8 Å². The smallest absolute Gasteiger partial charge is 0.186 e. The van der Waals surface area contributed by atoms with Gasteiger partial charge in [0.2, 0.25) is 0 Å². The monoisotopic (exact) mass is 400 g/mol. The first-order chi connectivity index (χ1) is 12.2. The van der Waals surface area contributed by atoms with Crippen LogP contribution in [0.4, 0.5) is 0 Å². The lowest BCUT2D eigenvalue weighted by Gasteiger charge is -2.45. The van der Waals surface area contributed by atoms with E-state index in [9.17, 15) is 35.7 Å². The number of hydrogen-bond donors (Lipinski definition) is 7. The number of ether oxygens (including phenoxy) is 3. The lowest BCUT2D eigenvalue weighted by Crippen LogP contribution is -2.61. The summed E-state index contributed by atoms with van der Waals surface area (Å²) in [7, 11) is 0. The van der Waals surface area contributed by atoms with Crippen molar-refractivity contribution in [2.75, 3.05) is 13.2 Å². The molecule has 0 aliphatic carbocycles. The molecule has 0 aromatic heterocycles. The molecule has 2 fully saturated rings. The Morgan fingerprint density at radius 2 is 1.42 bits per heavy atom. The molecule has 2 saturated heterocycles. The zero-order valence-corrected chi connectivity index (χ0v) is 15.3. The predicted octanol–water partition coefficient (Wildman–Crippen LogP) is -3.25. The molecule has 0 aromatic carbocycles. The topological polar surface area (TPSA) is 169 Å². The van der Waals surface area contributed by atoms with Gasteiger partial charge in [-0.2, -0.15) is 0 Å². The Hall–Kier alpha value is -0.0500. The Kier molecular flexibility index (Phi) is 8.07. The third-order valence-electron chi connectivity index (χ3n) is 4.37. The number of rotatable bonds is 6. The summed E-state index contributed by atoms with van der Waals surface area (Å²) in [5.74, 6) is 0. The lowest BCUT2D eigenvalue weighted by atomic mass is 10.0. The van der Waals surface area contributed by atoms with Gasteiger partial charge in [-0.3, -0.25) is 0 Å². The normalized spacial score (nSPS) is 47.3. The van der Waals surface area contributed by atoms with Gasteiger partial charge in [0.1, 0.15) is 36.0 Å². The Labute approximate surface area is 155 Å². The zero-order chi connectivity index (χ0) is 19.6. The molecule has 0 unspecified atom stereocenters. The molecule has 26 heavy (non-hydrogen) atoms. The van der Waals surface area contributed by atoms with Crippen molar-refractivity contribution in [3.63, 3.8) is 0 Å². The van der Waals surface area contributed by atoms with Gasteiger partial charge >= 0.3 is 0 Å². The number of hydrogen-bond acceptors (Lipinski definition) is 11. The predicted molar refractivity (Wildman–Crippen MR) is 89.1 cm³/mol. The molecule has 2 aliphatic heterocycles. The number of thioether (sulfide) groups is 1. The van der Waals surface area contributed by atoms with Crippen molar-refractivity contribution in [3.05, 3.63) is 0 Å². The third-order valence-corrected chi connectivity index (χ3v) is 5.92. The minimum absolute atomic E-state index is 0.282. The van der Waals surface area contributed by atoms with Crippen molar-refractivity contribution in [1.82, 2.24) is 0 Å². The van der Waals surface area contributed by atoms with Crippen LogP contribution in [0.2, 0.25) is 0 Å². The number of aliphatic hydroxyl groups excluding tert-OH is 7. The van der Waals surface area contributed by atoms with Crippen LogP contribution >= 0.6 is 11.8 Å². The van der Waals surface area contributed by atoms with Gasteiger partial charge in [0.15, 0.2) is 6.29 Å². The Morgan fingerprint density at radius 1 is 0.808 bits per heavy atom. The quantitative estimate of drug-likeness (QED) is 0.239. The SMILES string of the molecule is CC(C)O[C@H]1O[C@H](CO)[C@H](S[C@@H]2O[C@H](CO)[C@H](O)[C@H](O)[C@H]2O)[C@@H](O)[C@H]1O. The highest BCUT2D eigenvalue weighted by Gasteiger charge is 2.50. The number of aliphatic hydroxyl groups is 7. The fourth-order valence-corrected chi connectivity index (χ4v) is 4.42. The van der Waals surface area contributed by atoms with E-state index < -0.39 is 72.9 Å². The molecule has 11 heteroatoms. The summed E-state index contributed by atoms with van der Waals surface area (Å²) in [5.41, 5.74) is -1.13. The molecular formula is C15H28O10S. The summed E-state index contributed by atoms with van der Waals surface area (Å²) in [5, 5.41) is 68.4. The Morgan fingerprint density at radius 3 is 1.96 bits per heavy atom. The van der Waals surface area contributed by atoms with E-state index in [2.05, 4.69) is 0 Å². The maximum absolute atomic E-state index is 10.4. The van der Waals surface area contributed by atoms with Crippen molar-refractivity contribution >= 4 is 11.8 Å². The molecule has 0 amide bonds. The van der Waals surface area contributed by atoms with Crippen molar-refractivity contribution in [1.29, 1.82) is 0 Å². The first-order valence-electron chi connectivity index (χ1n) is 8.45. The summed E-state index contributed by atoms with van der Waals surface area (Å²) >= 11 is 0.835. The van der Waals surface area contributed by atoms with Gasteiger partial charge in [0.05, 0.1) is 36.8 Å². The zero-order valence-electron chi connectivity index (χ0n) is 14.5. The summed E-state index contributed by atoms with van der Waals surface area (Å²) in [4.78, 5) is 0. The summed E-state index contributed by atoms with van der Waals surface area (Å²) in [6.07, 6.45) is -10.8. The molecular weight excluding hydrogens is 372 g/mol. The molecule has 0 bridgehead atoms. The van der Waals surface area contributed by atoms with Crippen LogP contribution in [-0.4, -0.2) is 115 Å². The maximum Gasteiger partial charge on any atom is 0.186 e. The maximum atomic E-state index is 10.4. The molecule has 0 saturated carbocycles. The summed E-state index contributed by atoms with van der Waals surface area (Å²) in [6.45, 7) is 2.38. The van der Waals surface area contributed by atoms with Crippen molar-refractivity contribution in [2.45, 2.75) is 79.7 Å². The van der Waals surface area contributed by atoms with E-state index in [1.807, 2.05) is 0 Å². The van der Waals surface area contributed by atoms with Gasteiger partial charge in [-0.1, -0.05) is 0 Å². The first kappa shape index (κ1) is 22.2. The highest BCUT2D eigenvalue weighted by atomic mass is 32.2. The van der Waals surface area contributed by atoms with Gasteiger partial charge in [-0.15, -0.1) is 11.8 Å². The molecule has 2 aliphatic rings. The highest BCUT2D eigenvalue weighted by Crippen LogP contribution is 2.37. The van der Waals surface area contributed by atoms with E-state index in [-0.39, 0.29) is 6.10 Å². The minimum atomic E-state index is -1.56. The summed E-state index contributed by atoms with van der Waals surface area (Å²) in [6, 6.07) is 0. The highest BCUT2D eigenvalue weighted by molar-refractivity contribution is 8.00. The second-order valence-corrected chi connectivity index (χ2v) is 7.97. The van der Waals surface area contributed by atoms with E-state index >= 15 is 0 Å². The minimum Gasteiger partial charge on any atom is -0.394 e. The van der Waals surface area contributed by atoms with Crippen LogP contribution in [0.5, 0.6) is 0 Å². The van der Waals surface area contributed by atoms with Crippen LogP contribution in [0.3, 0.4) is 0 Å². The lowest BCUT2D eigenvalue weighted by molar-refractivity contribution is -0.278. The van der Waals surface area contributed by atoms with Crippen molar-refractivity contribution in [2.24, 2.45) is 0 Å². The second kappa shape index (κ2) is 9.43. The molecule has 7 N–H and O–H groups in total. The van der Waals surface area contributed by atoms with Crippen molar-refractivity contribution in [3.8, 4) is 0 Å². The van der Waals surface area contributed by atoms with Crippen LogP contribution < -0.4 is 0 Å². The average molecular weight is 400 g/mol. The van der Waals surface area contributed by atoms with Gasteiger partial charge in [-0.25, -0.2) is 0 Å². The second-order valence-electron chi connectivity index (χ2n) is 6.69. The van der Waals surface area contributed by atoms with Crippen molar-refractivity contribution < 1.29 is 50.0 Å². The largest absolute Gasteiger partial charge is 0.394 e. The summed E-state index contributed by atoms with van der Waals surface area (Å²) < 4.78 is 16.3. The molecule has 154 valence electrons. The molecule has 0 aromatic rings. The van der Waals surface area contributed by atoms with Gasteiger partial charge in [0, 0.05) is 0 Å². The van der Waals surface area contributed by atoms with E-state index in [1.165, 1.54) is 0 Å². The van der Waals surface area contributed by atoms with E-state index in [4.69, 9.17) is 14.2 Å². The van der Waals surface area contributed by atoms with Crippen LogP contribution in [0.15, 0.2) is 0 Å². The van der Waals surface area contributed by atoms with Crippen LogP contribution in [-0.2, 0) is 14.2 Å². The van der Waals surface area contributed by atoms with E-state index in [0.29, 0.717) is 0 Å². The molecule has 10 atom stereocenters. The Bertz CT molecular complexity index is 437. The third kappa shape index (κ3) is 4.67. The standard InChI is InChI=1S/C15H28O10S/c1-5(2)23-14-11(21)10(20)13(7(4-17)24-14)26-15-12(22)9(19)8(18)6(3-16)25-15/h5-22H,3-4H2,1-2H3/t6-,7-,8+,9+,10+,11-,12-,13+,14+,15+/m1/s1. The van der Waals surface area contributed by atoms with Crippen LogP contribution in [0.1, 0.15) is 13.8 Å². The molecule has 0 spiro atoms. The molecule has 10 nitrogen and oxygen atoms in total. The van der Waals surface area contributed by atoms with E-state index in [0.717, 1.165) is 11.8 Å².